The van der Waals surface area contributed by atoms with Crippen LogP contribution >= 0.6 is 0 Å². The van der Waals surface area contributed by atoms with E-state index in [0.717, 1.165) is 51.9 Å². The summed E-state index contributed by atoms with van der Waals surface area (Å²) >= 11 is 0. The van der Waals surface area contributed by atoms with Crippen molar-refractivity contribution in [3.05, 3.63) is 208 Å². The van der Waals surface area contributed by atoms with Gasteiger partial charge in [-0.05, 0) is 242 Å². The molecule has 0 saturated heterocycles. The molecule has 0 amide bonds. The number of nitrogens with zero attached hydrogens (tertiary/aromatic N) is 8. The lowest BCUT2D eigenvalue weighted by molar-refractivity contribution is -0.671. The minimum Gasteiger partial charge on any atom is -0.240 e. The number of benzene rings is 4. The van der Waals surface area contributed by atoms with Crippen molar-refractivity contribution in [2.45, 2.75) is 135 Å². The molecule has 1 aliphatic rings. The molecule has 0 spiro atoms. The van der Waals surface area contributed by atoms with Gasteiger partial charge in [-0.2, -0.15) is 0 Å². The lowest BCUT2D eigenvalue weighted by Gasteiger charge is -2.29. The van der Waals surface area contributed by atoms with Crippen molar-refractivity contribution >= 4 is 0 Å². The molecule has 0 radical (unpaired) electrons. The smallest absolute Gasteiger partial charge is 0.240 e. The van der Waals surface area contributed by atoms with Crippen molar-refractivity contribution in [2.24, 2.45) is 28.2 Å². The van der Waals surface area contributed by atoms with Crippen molar-refractivity contribution < 1.29 is 18.3 Å². The topological polar surface area (TPSA) is 35.2 Å². The third-order valence-electron chi connectivity index (χ3n) is 16.9. The van der Waals surface area contributed by atoms with Crippen LogP contribution in [-0.2, 0) is 80.1 Å². The average Bonchev–Trinajstić information content (AvgIpc) is 4.12. The summed E-state index contributed by atoms with van der Waals surface area (Å²) in [6.07, 6.45) is 30.0. The maximum Gasteiger partial charge on any atom is 0.243 e. The zero-order valence-electron chi connectivity index (χ0n) is 44.2. The second-order valence-electron chi connectivity index (χ2n) is 21.0. The molecule has 1 aliphatic carbocycles. The Balaban J connectivity index is 1.38. The van der Waals surface area contributed by atoms with Gasteiger partial charge in [-0.15, -0.1) is 0 Å². The molecular weight excluding hydrogens is 833 g/mol. The van der Waals surface area contributed by atoms with Crippen LogP contribution in [-0.4, -0.2) is 18.3 Å². The Morgan fingerprint density at radius 3 is 0.574 bits per heavy atom. The van der Waals surface area contributed by atoms with Crippen molar-refractivity contribution in [1.82, 2.24) is 18.3 Å². The van der Waals surface area contributed by atoms with Crippen LogP contribution in [0.15, 0.2) is 74.9 Å². The van der Waals surface area contributed by atoms with Crippen LogP contribution in [0.1, 0.15) is 134 Å². The minimum atomic E-state index is 0.842. The number of rotatable bonds is 8. The molecule has 0 atom stereocenters. The zero-order valence-corrected chi connectivity index (χ0v) is 44.2. The highest BCUT2D eigenvalue weighted by molar-refractivity contribution is 5.63. The van der Waals surface area contributed by atoms with Crippen LogP contribution in [0.4, 0.5) is 0 Å². The van der Waals surface area contributed by atoms with E-state index in [4.69, 9.17) is 0 Å². The number of aryl methyl sites for hydroxylation is 4. The van der Waals surface area contributed by atoms with Crippen LogP contribution in [0.3, 0.4) is 0 Å². The Hall–Kier alpha value is -6.28. The Labute approximate surface area is 406 Å². The van der Waals surface area contributed by atoms with Gasteiger partial charge in [-0.1, -0.05) is 0 Å². The SMILES string of the molecule is Cc1c2c(C)c(Cn3cc[n+](C)c3)c(C)c1Cc1c(C)c(c(C)c(Cn3cc[n+](C)c3)c1C)Cc1c(C)c(c(C)c(Cn3cc[n+](C)c3)c1C)Cc1c(C)c(c(C)c(Cn3cc[n+](C)c3)c1C)C2. The van der Waals surface area contributed by atoms with Crippen LogP contribution in [0.5, 0.6) is 0 Å². The van der Waals surface area contributed by atoms with Gasteiger partial charge in [0.1, 0.15) is 75.8 Å². The van der Waals surface area contributed by atoms with E-state index in [2.05, 4.69) is 223 Å². The number of hydrogen-bond acceptors (Lipinski definition) is 0. The molecule has 352 valence electrons. The summed E-state index contributed by atoms with van der Waals surface area (Å²) in [5.41, 5.74) is 34.9. The largest absolute Gasteiger partial charge is 0.243 e. The summed E-state index contributed by atoms with van der Waals surface area (Å²) in [5.74, 6) is 0. The van der Waals surface area contributed by atoms with Gasteiger partial charge in [0.15, 0.2) is 0 Å². The third kappa shape index (κ3) is 8.28. The summed E-state index contributed by atoms with van der Waals surface area (Å²) < 4.78 is 18.1. The van der Waals surface area contributed by atoms with Crippen LogP contribution in [0.25, 0.3) is 0 Å². The average molecular weight is 909 g/mol. The molecule has 8 aromatic rings. The molecule has 0 unspecified atom stereocenters. The molecular formula is C60H76N8+4. The summed E-state index contributed by atoms with van der Waals surface area (Å²) in [6, 6.07) is 0. The van der Waals surface area contributed by atoms with E-state index in [1.807, 2.05) is 0 Å². The minimum absolute atomic E-state index is 0.842. The van der Waals surface area contributed by atoms with Crippen LogP contribution in [0, 0.1) is 83.1 Å². The Bertz CT molecular complexity index is 2750. The Morgan fingerprint density at radius 2 is 0.441 bits per heavy atom. The first-order valence-electron chi connectivity index (χ1n) is 24.8. The molecule has 4 aromatic carbocycles. The maximum absolute atomic E-state index is 2.45. The van der Waals surface area contributed by atoms with Gasteiger partial charge in [-0.25, -0.2) is 36.5 Å². The lowest BCUT2D eigenvalue weighted by atomic mass is 9.76. The first-order chi connectivity index (χ1) is 32.3. The first-order valence-corrected chi connectivity index (χ1v) is 24.8. The highest BCUT2D eigenvalue weighted by Crippen LogP contribution is 2.41. The molecule has 4 aromatic heterocycles. The van der Waals surface area contributed by atoms with E-state index in [1.165, 1.54) is 134 Å². The number of imidazole rings is 4. The van der Waals surface area contributed by atoms with E-state index >= 15 is 0 Å². The monoisotopic (exact) mass is 909 g/mol. The Morgan fingerprint density at radius 1 is 0.279 bits per heavy atom. The fraction of sp³-hybridized carbons (Fsp3) is 0.400. The molecule has 0 N–H and O–H groups in total. The van der Waals surface area contributed by atoms with Crippen LogP contribution in [0.2, 0.25) is 0 Å². The molecule has 0 saturated carbocycles. The molecule has 8 nitrogen and oxygen atoms in total. The van der Waals surface area contributed by atoms with E-state index in [0.29, 0.717) is 0 Å². The van der Waals surface area contributed by atoms with Gasteiger partial charge in [0.05, 0.1) is 28.2 Å². The van der Waals surface area contributed by atoms with E-state index in [9.17, 15) is 0 Å². The molecule has 0 fully saturated rings. The standard InChI is InChI=1S/C60H76N8/c1-37-49-25-51-38(2)53(45(9)58(43(51)7)30-66-22-18-62(14)34-66)27-55-40(4)56(48(12)60(47(55)11)32-68-24-20-64(16)36-68)28-54-39(3)52(44(8)59(46(54)10)31-67-23-19-63(15)35-67)26-50(37)42(6)57(41(49)5)29-65-21-17-61(13)33-65/h17-24,33-36H,25-32H2,1-16H3/q+4. The van der Waals surface area contributed by atoms with Gasteiger partial charge in [-0.3, -0.25) is 0 Å². The molecule has 4 heterocycles. The highest BCUT2D eigenvalue weighted by atomic mass is 15.1. The van der Waals surface area contributed by atoms with Gasteiger partial charge in [0.2, 0.25) is 25.3 Å². The van der Waals surface area contributed by atoms with E-state index < -0.39 is 0 Å². The summed E-state index contributed by atoms with van der Waals surface area (Å²) in [7, 11) is 8.49. The van der Waals surface area contributed by atoms with Gasteiger partial charge in [0, 0.05) is 0 Å². The zero-order chi connectivity index (χ0) is 48.6. The maximum atomic E-state index is 2.45. The third-order valence-corrected chi connectivity index (χ3v) is 16.9. The van der Waals surface area contributed by atoms with Gasteiger partial charge in [0.25, 0.3) is 0 Å². The lowest BCUT2D eigenvalue weighted by Crippen LogP contribution is -2.24. The predicted octanol–water partition coefficient (Wildman–Crippen LogP) is 8.76. The second kappa shape index (κ2) is 18.0. The molecule has 68 heavy (non-hydrogen) atoms. The predicted molar refractivity (Wildman–Crippen MR) is 273 cm³/mol. The number of hydrogen-bond donors (Lipinski definition) is 0. The number of aromatic nitrogens is 8. The van der Waals surface area contributed by atoms with Crippen molar-refractivity contribution in [1.29, 1.82) is 0 Å². The highest BCUT2D eigenvalue weighted by Gasteiger charge is 2.29. The molecule has 0 aliphatic heterocycles. The first kappa shape index (κ1) is 46.8. The molecule has 8 heteroatoms. The quantitative estimate of drug-likeness (QED) is 0.137. The van der Waals surface area contributed by atoms with Crippen molar-refractivity contribution in [3.8, 4) is 0 Å². The normalized spacial score (nSPS) is 12.7. The summed E-state index contributed by atoms with van der Waals surface area (Å²) in [5, 5.41) is 0. The second-order valence-corrected chi connectivity index (χ2v) is 21.0. The summed E-state index contributed by atoms with van der Waals surface area (Å²) in [6.45, 7) is 32.5. The molecule has 9 rings (SSSR count). The fourth-order valence-electron chi connectivity index (χ4n) is 12.4. The van der Waals surface area contributed by atoms with E-state index in [1.54, 1.807) is 0 Å². The van der Waals surface area contributed by atoms with Crippen LogP contribution < -0.4 is 18.3 Å². The van der Waals surface area contributed by atoms with E-state index in [-0.39, 0.29) is 0 Å². The number of fused-ring (bicyclic) bond motifs is 8. The van der Waals surface area contributed by atoms with Crippen molar-refractivity contribution in [2.75, 3.05) is 0 Å². The summed E-state index contributed by atoms with van der Waals surface area (Å²) in [4.78, 5) is 0. The van der Waals surface area contributed by atoms with Gasteiger partial charge >= 0.3 is 0 Å². The molecule has 8 bridgehead atoms. The Kier molecular flexibility index (Phi) is 12.4. The van der Waals surface area contributed by atoms with Gasteiger partial charge < -0.3 is 0 Å². The fourth-order valence-corrected chi connectivity index (χ4v) is 12.4. The van der Waals surface area contributed by atoms with Crippen molar-refractivity contribution in [3.63, 3.8) is 0 Å².